The number of alkyl carbamates (subject to hydrolysis) is 1. The molecule has 1 amide bonds. The zero-order chi connectivity index (χ0) is 22.5. The van der Waals surface area contributed by atoms with E-state index in [4.69, 9.17) is 9.84 Å². The van der Waals surface area contributed by atoms with E-state index < -0.39 is 29.6 Å². The van der Waals surface area contributed by atoms with Crippen molar-refractivity contribution < 1.29 is 24.2 Å². The van der Waals surface area contributed by atoms with E-state index in [1.807, 2.05) is 38.4 Å². The van der Waals surface area contributed by atoms with Gasteiger partial charge in [0.2, 0.25) is 0 Å². The molecule has 0 bridgehead atoms. The number of benzene rings is 1. The fourth-order valence-corrected chi connectivity index (χ4v) is 3.12. The third-order valence-electron chi connectivity index (χ3n) is 4.50. The quantitative estimate of drug-likeness (QED) is 0.684. The fourth-order valence-electron chi connectivity index (χ4n) is 3.12. The second kappa shape index (κ2) is 9.75. The van der Waals surface area contributed by atoms with Crippen LogP contribution in [0.3, 0.4) is 0 Å². The molecule has 1 atom stereocenters. The monoisotopic (exact) mass is 417 g/mol. The predicted octanol–water partition coefficient (Wildman–Crippen LogP) is 3.14. The Bertz CT molecular complexity index is 911. The van der Waals surface area contributed by atoms with Crippen molar-refractivity contribution in [1.82, 2.24) is 14.8 Å². The molecule has 30 heavy (non-hydrogen) atoms. The number of fused-ring (bicyclic) bond motifs is 1. The Hall–Kier alpha value is -2.87. The summed E-state index contributed by atoms with van der Waals surface area (Å²) in [6, 6.07) is 6.53. The molecule has 0 saturated carbocycles. The molecule has 0 fully saturated rings. The molecule has 0 saturated heterocycles. The molecule has 2 N–H and O–H groups in total. The van der Waals surface area contributed by atoms with Crippen molar-refractivity contribution in [3.63, 3.8) is 0 Å². The van der Waals surface area contributed by atoms with Crippen LogP contribution in [0.5, 0.6) is 0 Å². The summed E-state index contributed by atoms with van der Waals surface area (Å²) in [6.07, 6.45) is 1.50. The minimum Gasteiger partial charge on any atom is -0.481 e. The minimum atomic E-state index is -1.04. The maximum atomic E-state index is 13.3. The zero-order valence-electron chi connectivity index (χ0n) is 18.3. The Morgan fingerprint density at radius 3 is 2.47 bits per heavy atom. The van der Waals surface area contributed by atoms with E-state index in [1.54, 1.807) is 27.0 Å². The number of hydrogen-bond donors (Lipinski definition) is 2. The van der Waals surface area contributed by atoms with Crippen molar-refractivity contribution in [3.8, 4) is 0 Å². The first-order chi connectivity index (χ1) is 14.0. The molecule has 164 valence electrons. The maximum Gasteiger partial charge on any atom is 0.408 e. The lowest BCUT2D eigenvalue weighted by atomic mass is 10.1. The van der Waals surface area contributed by atoms with Crippen molar-refractivity contribution in [2.24, 2.45) is 0 Å². The van der Waals surface area contributed by atoms with Crippen molar-refractivity contribution >= 4 is 28.9 Å². The predicted molar refractivity (Wildman–Crippen MR) is 115 cm³/mol. The normalized spacial score (nSPS) is 12.7. The van der Waals surface area contributed by atoms with E-state index in [1.165, 1.54) is 4.57 Å². The summed E-state index contributed by atoms with van der Waals surface area (Å²) in [4.78, 5) is 38.7. The van der Waals surface area contributed by atoms with Crippen LogP contribution in [-0.4, -0.2) is 64.8 Å². The Balaban J connectivity index is 2.34. The number of ether oxygens (including phenoxy) is 1. The van der Waals surface area contributed by atoms with Gasteiger partial charge in [-0.15, -0.1) is 0 Å². The number of amides is 1. The second-order valence-electron chi connectivity index (χ2n) is 8.56. The molecule has 0 aliphatic heterocycles. The average Bonchev–Trinajstić information content (AvgIpc) is 3.00. The number of rotatable bonds is 8. The molecule has 1 aromatic heterocycles. The molecule has 0 aliphatic carbocycles. The molecule has 1 unspecified atom stereocenters. The number of hydrogen-bond acceptors (Lipinski definition) is 5. The van der Waals surface area contributed by atoms with Crippen LogP contribution < -0.4 is 5.32 Å². The fraction of sp³-hybridized carbons (Fsp3) is 0.500. The highest BCUT2D eigenvalue weighted by Gasteiger charge is 2.27. The van der Waals surface area contributed by atoms with Gasteiger partial charge in [-0.3, -0.25) is 14.2 Å². The van der Waals surface area contributed by atoms with E-state index in [2.05, 4.69) is 10.2 Å². The molecule has 0 aliphatic rings. The minimum absolute atomic E-state index is 0.0348. The molecule has 0 radical (unpaired) electrons. The smallest absolute Gasteiger partial charge is 0.408 e. The van der Waals surface area contributed by atoms with Crippen LogP contribution in [0, 0.1) is 0 Å². The largest absolute Gasteiger partial charge is 0.481 e. The van der Waals surface area contributed by atoms with Crippen molar-refractivity contribution in [2.75, 3.05) is 20.6 Å². The lowest BCUT2D eigenvalue weighted by Gasteiger charge is -2.23. The highest BCUT2D eigenvalue weighted by Crippen LogP contribution is 2.23. The van der Waals surface area contributed by atoms with E-state index in [0.29, 0.717) is 0 Å². The van der Waals surface area contributed by atoms with Crippen LogP contribution in [0.1, 0.15) is 44.0 Å². The van der Waals surface area contributed by atoms with Gasteiger partial charge in [-0.1, -0.05) is 18.2 Å². The first-order valence-electron chi connectivity index (χ1n) is 9.97. The number of aromatic nitrogens is 1. The van der Waals surface area contributed by atoms with E-state index in [-0.39, 0.29) is 12.8 Å². The molecular formula is C22H31N3O5. The second-order valence-corrected chi connectivity index (χ2v) is 8.56. The topological polar surface area (TPSA) is 101 Å². The standard InChI is InChI=1S/C22H31N3O5/c1-22(2,3)30-21(29)23-17(10-11-19(26)27)20(28)25-14-15(12-13-24(4)5)16-8-6-7-9-18(16)25/h6-9,14,17H,10-13H2,1-5H3,(H,23,29)(H,26,27). The van der Waals surface area contributed by atoms with Gasteiger partial charge in [-0.2, -0.15) is 0 Å². The number of carboxylic acid groups (broad SMARTS) is 1. The molecule has 2 rings (SSSR count). The molecule has 0 spiro atoms. The van der Waals surface area contributed by atoms with Gasteiger partial charge in [0.15, 0.2) is 0 Å². The van der Waals surface area contributed by atoms with E-state index in [9.17, 15) is 14.4 Å². The Morgan fingerprint density at radius 2 is 1.87 bits per heavy atom. The van der Waals surface area contributed by atoms with Crippen molar-refractivity contribution in [1.29, 1.82) is 0 Å². The number of carboxylic acids is 1. The van der Waals surface area contributed by atoms with Gasteiger partial charge in [0.05, 0.1) is 5.52 Å². The highest BCUT2D eigenvalue weighted by atomic mass is 16.6. The summed E-state index contributed by atoms with van der Waals surface area (Å²) in [5.74, 6) is -1.43. The number of nitrogens with zero attached hydrogens (tertiary/aromatic N) is 2. The number of carbonyl (C=O) groups is 3. The van der Waals surface area contributed by atoms with Gasteiger partial charge < -0.3 is 20.1 Å². The summed E-state index contributed by atoms with van der Waals surface area (Å²) >= 11 is 0. The van der Waals surface area contributed by atoms with Gasteiger partial charge in [0.1, 0.15) is 11.6 Å². The van der Waals surface area contributed by atoms with Crippen LogP contribution in [-0.2, 0) is 16.0 Å². The Labute approximate surface area is 176 Å². The Kier molecular flexibility index (Phi) is 7.61. The van der Waals surface area contributed by atoms with Gasteiger partial charge in [0.25, 0.3) is 5.91 Å². The first-order valence-corrected chi connectivity index (χ1v) is 9.97. The van der Waals surface area contributed by atoms with Crippen LogP contribution in [0.15, 0.2) is 30.5 Å². The third kappa shape index (κ3) is 6.59. The summed E-state index contributed by atoms with van der Waals surface area (Å²) < 4.78 is 6.76. The van der Waals surface area contributed by atoms with E-state index >= 15 is 0 Å². The number of aliphatic carboxylic acids is 1. The van der Waals surface area contributed by atoms with Crippen molar-refractivity contribution in [2.45, 2.75) is 51.7 Å². The highest BCUT2D eigenvalue weighted by molar-refractivity contribution is 5.97. The lowest BCUT2D eigenvalue weighted by molar-refractivity contribution is -0.137. The van der Waals surface area contributed by atoms with Gasteiger partial charge >= 0.3 is 12.1 Å². The van der Waals surface area contributed by atoms with E-state index in [0.717, 1.165) is 29.4 Å². The molecule has 8 nitrogen and oxygen atoms in total. The lowest BCUT2D eigenvalue weighted by Crippen LogP contribution is -2.45. The molecule has 1 heterocycles. The SMILES string of the molecule is CN(C)CCc1cn(C(=O)C(CCC(=O)O)NC(=O)OC(C)(C)C)c2ccccc12. The average molecular weight is 418 g/mol. The summed E-state index contributed by atoms with van der Waals surface area (Å²) in [5.41, 5.74) is 1.01. The van der Waals surface area contributed by atoms with Crippen LogP contribution in [0.4, 0.5) is 4.79 Å². The number of para-hydroxylation sites is 1. The maximum absolute atomic E-state index is 13.3. The first kappa shape index (κ1) is 23.4. The van der Waals surface area contributed by atoms with Gasteiger partial charge in [-0.05, 0) is 59.3 Å². The van der Waals surface area contributed by atoms with Crippen LogP contribution in [0.25, 0.3) is 10.9 Å². The van der Waals surface area contributed by atoms with Gasteiger partial charge in [0, 0.05) is 24.5 Å². The van der Waals surface area contributed by atoms with Crippen molar-refractivity contribution in [3.05, 3.63) is 36.0 Å². The summed E-state index contributed by atoms with van der Waals surface area (Å²) in [6.45, 7) is 5.98. The molecule has 2 aromatic rings. The number of likely N-dealkylation sites (N-methyl/N-ethyl adjacent to an activating group) is 1. The van der Waals surface area contributed by atoms with Gasteiger partial charge in [-0.25, -0.2) is 4.79 Å². The Morgan fingerprint density at radius 1 is 1.20 bits per heavy atom. The number of carbonyl (C=O) groups excluding carboxylic acids is 2. The summed E-state index contributed by atoms with van der Waals surface area (Å²) in [7, 11) is 3.97. The zero-order valence-corrected chi connectivity index (χ0v) is 18.3. The molecule has 1 aromatic carbocycles. The summed E-state index contributed by atoms with van der Waals surface area (Å²) in [5, 5.41) is 12.6. The number of nitrogens with one attached hydrogen (secondary N) is 1. The molecular weight excluding hydrogens is 386 g/mol. The third-order valence-corrected chi connectivity index (χ3v) is 4.50. The van der Waals surface area contributed by atoms with Crippen LogP contribution in [0.2, 0.25) is 0 Å². The van der Waals surface area contributed by atoms with Crippen LogP contribution >= 0.6 is 0 Å². The molecule has 8 heteroatoms.